The summed E-state index contributed by atoms with van der Waals surface area (Å²) in [6, 6.07) is 8.05. The van der Waals surface area contributed by atoms with Gasteiger partial charge in [0.2, 0.25) is 0 Å². The van der Waals surface area contributed by atoms with Gasteiger partial charge in [-0.05, 0) is 25.0 Å². The van der Waals surface area contributed by atoms with Crippen molar-refractivity contribution in [3.63, 3.8) is 0 Å². The molecule has 0 atom stereocenters. The molecule has 0 bridgehead atoms. The highest BCUT2D eigenvalue weighted by molar-refractivity contribution is 5.98. The number of carbonyl (C=O) groups is 1. The third-order valence-corrected chi connectivity index (χ3v) is 3.04. The van der Waals surface area contributed by atoms with E-state index in [1.807, 2.05) is 42.1 Å². The standard InChI is InChI=1S/C13H12N2O/c1-9-4-2-3-5-11(9)15-8-10-6-7-12(16)13(10)14-15/h2-5,8H,6-7H2,1H3. The van der Waals surface area contributed by atoms with Crippen LogP contribution in [0.2, 0.25) is 0 Å². The molecule has 3 rings (SSSR count). The molecule has 3 nitrogen and oxygen atoms in total. The molecular formula is C13H12N2O. The van der Waals surface area contributed by atoms with E-state index in [4.69, 9.17) is 0 Å². The maximum Gasteiger partial charge on any atom is 0.183 e. The highest BCUT2D eigenvalue weighted by Gasteiger charge is 2.23. The topological polar surface area (TPSA) is 34.9 Å². The first-order chi connectivity index (χ1) is 7.75. The molecule has 0 N–H and O–H groups in total. The molecule has 1 aromatic carbocycles. The molecule has 0 saturated carbocycles. The monoisotopic (exact) mass is 212 g/mol. The number of Topliss-reactive ketones (excluding diaryl/α,β-unsaturated/α-hetero) is 1. The lowest BCUT2D eigenvalue weighted by Crippen LogP contribution is -2.01. The van der Waals surface area contributed by atoms with Gasteiger partial charge in [-0.3, -0.25) is 4.79 Å². The fourth-order valence-corrected chi connectivity index (χ4v) is 2.14. The maximum atomic E-state index is 11.5. The number of carbonyl (C=O) groups excluding carboxylic acids is 1. The maximum absolute atomic E-state index is 11.5. The Labute approximate surface area is 93.7 Å². The highest BCUT2D eigenvalue weighted by atomic mass is 16.1. The lowest BCUT2D eigenvalue weighted by atomic mass is 10.2. The number of hydrogen-bond acceptors (Lipinski definition) is 2. The molecule has 0 fully saturated rings. The number of aromatic nitrogens is 2. The second-order valence-corrected chi connectivity index (χ2v) is 4.16. The summed E-state index contributed by atoms with van der Waals surface area (Å²) in [5.41, 5.74) is 3.94. The lowest BCUT2D eigenvalue weighted by molar-refractivity contribution is 0.0989. The zero-order valence-electron chi connectivity index (χ0n) is 9.10. The van der Waals surface area contributed by atoms with Crippen LogP contribution in [0.25, 0.3) is 5.69 Å². The smallest absolute Gasteiger partial charge is 0.183 e. The van der Waals surface area contributed by atoms with Crippen LogP contribution in [0.1, 0.15) is 28.0 Å². The van der Waals surface area contributed by atoms with Crippen molar-refractivity contribution < 1.29 is 4.79 Å². The molecule has 80 valence electrons. The number of fused-ring (bicyclic) bond motifs is 1. The van der Waals surface area contributed by atoms with Gasteiger partial charge < -0.3 is 0 Å². The molecule has 1 aliphatic carbocycles. The molecule has 0 aliphatic heterocycles. The first kappa shape index (κ1) is 9.33. The summed E-state index contributed by atoms with van der Waals surface area (Å²) in [5, 5.41) is 4.37. The van der Waals surface area contributed by atoms with E-state index in [-0.39, 0.29) is 5.78 Å². The molecular weight excluding hydrogens is 200 g/mol. The summed E-state index contributed by atoms with van der Waals surface area (Å²) in [6.07, 6.45) is 3.43. The Balaban J connectivity index is 2.12. The summed E-state index contributed by atoms with van der Waals surface area (Å²) in [6.45, 7) is 2.05. The van der Waals surface area contributed by atoms with Crippen LogP contribution >= 0.6 is 0 Å². The number of benzene rings is 1. The van der Waals surface area contributed by atoms with E-state index in [0.29, 0.717) is 12.1 Å². The van der Waals surface area contributed by atoms with Crippen LogP contribution in [-0.2, 0) is 6.42 Å². The highest BCUT2D eigenvalue weighted by Crippen LogP contribution is 2.22. The van der Waals surface area contributed by atoms with Crippen molar-refractivity contribution in [2.75, 3.05) is 0 Å². The molecule has 0 unspecified atom stereocenters. The number of aryl methyl sites for hydroxylation is 2. The van der Waals surface area contributed by atoms with Crippen LogP contribution in [-0.4, -0.2) is 15.6 Å². The third-order valence-electron chi connectivity index (χ3n) is 3.04. The summed E-state index contributed by atoms with van der Waals surface area (Å²) in [7, 11) is 0. The SMILES string of the molecule is Cc1ccccc1-n1cc2c(n1)C(=O)CC2. The van der Waals surface area contributed by atoms with E-state index < -0.39 is 0 Å². The minimum atomic E-state index is 0.169. The van der Waals surface area contributed by atoms with Crippen molar-refractivity contribution in [3.05, 3.63) is 47.3 Å². The van der Waals surface area contributed by atoms with Gasteiger partial charge in [-0.2, -0.15) is 5.10 Å². The van der Waals surface area contributed by atoms with E-state index in [1.165, 1.54) is 0 Å². The fourth-order valence-electron chi connectivity index (χ4n) is 2.14. The van der Waals surface area contributed by atoms with Crippen molar-refractivity contribution in [1.82, 2.24) is 9.78 Å². The molecule has 1 heterocycles. The van der Waals surface area contributed by atoms with Crippen molar-refractivity contribution in [2.45, 2.75) is 19.8 Å². The van der Waals surface area contributed by atoms with Crippen LogP contribution in [0.3, 0.4) is 0 Å². The van der Waals surface area contributed by atoms with Crippen molar-refractivity contribution >= 4 is 5.78 Å². The predicted octanol–water partition coefficient (Wildman–Crippen LogP) is 2.31. The Hall–Kier alpha value is -1.90. The molecule has 3 heteroatoms. The first-order valence-corrected chi connectivity index (χ1v) is 5.43. The van der Waals surface area contributed by atoms with Crippen LogP contribution in [0.4, 0.5) is 0 Å². The van der Waals surface area contributed by atoms with Gasteiger partial charge in [-0.25, -0.2) is 4.68 Å². The number of nitrogens with zero attached hydrogens (tertiary/aromatic N) is 2. The van der Waals surface area contributed by atoms with E-state index in [2.05, 4.69) is 5.10 Å². The molecule has 2 aromatic rings. The fraction of sp³-hybridized carbons (Fsp3) is 0.231. The van der Waals surface area contributed by atoms with Gasteiger partial charge in [-0.1, -0.05) is 18.2 Å². The summed E-state index contributed by atoms with van der Waals surface area (Å²) in [5.74, 6) is 0.169. The minimum Gasteiger partial charge on any atom is -0.292 e. The Bertz CT molecular complexity index is 569. The Morgan fingerprint density at radius 2 is 2.06 bits per heavy atom. The number of ketones is 1. The van der Waals surface area contributed by atoms with Crippen molar-refractivity contribution in [1.29, 1.82) is 0 Å². The molecule has 16 heavy (non-hydrogen) atoms. The lowest BCUT2D eigenvalue weighted by Gasteiger charge is -2.04. The number of hydrogen-bond donors (Lipinski definition) is 0. The summed E-state index contributed by atoms with van der Waals surface area (Å²) in [4.78, 5) is 11.5. The average Bonchev–Trinajstić information content (AvgIpc) is 2.82. The predicted molar refractivity (Wildman–Crippen MR) is 61.0 cm³/mol. The average molecular weight is 212 g/mol. The van der Waals surface area contributed by atoms with Crippen LogP contribution in [0.5, 0.6) is 0 Å². The van der Waals surface area contributed by atoms with Gasteiger partial charge in [-0.15, -0.1) is 0 Å². The largest absolute Gasteiger partial charge is 0.292 e. The van der Waals surface area contributed by atoms with E-state index in [9.17, 15) is 4.79 Å². The Morgan fingerprint density at radius 1 is 1.25 bits per heavy atom. The molecule has 1 aromatic heterocycles. The van der Waals surface area contributed by atoms with Gasteiger partial charge in [0.05, 0.1) is 5.69 Å². The minimum absolute atomic E-state index is 0.169. The second kappa shape index (κ2) is 3.30. The first-order valence-electron chi connectivity index (χ1n) is 5.43. The zero-order chi connectivity index (χ0) is 11.1. The number of para-hydroxylation sites is 1. The summed E-state index contributed by atoms with van der Waals surface area (Å²) < 4.78 is 1.82. The molecule has 0 spiro atoms. The second-order valence-electron chi connectivity index (χ2n) is 4.16. The van der Waals surface area contributed by atoms with Gasteiger partial charge in [0, 0.05) is 18.2 Å². The van der Waals surface area contributed by atoms with Crippen molar-refractivity contribution in [2.24, 2.45) is 0 Å². The summed E-state index contributed by atoms with van der Waals surface area (Å²) >= 11 is 0. The van der Waals surface area contributed by atoms with Crippen LogP contribution in [0.15, 0.2) is 30.5 Å². The Morgan fingerprint density at radius 3 is 2.81 bits per heavy atom. The third kappa shape index (κ3) is 1.28. The van der Waals surface area contributed by atoms with Crippen LogP contribution < -0.4 is 0 Å². The number of rotatable bonds is 1. The molecule has 1 aliphatic rings. The molecule has 0 radical (unpaired) electrons. The van der Waals surface area contributed by atoms with E-state index in [1.54, 1.807) is 0 Å². The van der Waals surface area contributed by atoms with E-state index >= 15 is 0 Å². The van der Waals surface area contributed by atoms with Crippen LogP contribution in [0, 0.1) is 6.92 Å². The van der Waals surface area contributed by atoms with E-state index in [0.717, 1.165) is 23.2 Å². The van der Waals surface area contributed by atoms with Gasteiger partial charge in [0.15, 0.2) is 5.78 Å². The van der Waals surface area contributed by atoms with Gasteiger partial charge in [0.25, 0.3) is 0 Å². The Kier molecular flexibility index (Phi) is 1.93. The quantitative estimate of drug-likeness (QED) is 0.727. The molecule has 0 amide bonds. The molecule has 0 saturated heterocycles. The van der Waals surface area contributed by atoms with Gasteiger partial charge in [0.1, 0.15) is 5.69 Å². The zero-order valence-corrected chi connectivity index (χ0v) is 9.10. The van der Waals surface area contributed by atoms with Gasteiger partial charge >= 0.3 is 0 Å². The normalized spacial score (nSPS) is 14.2. The van der Waals surface area contributed by atoms with Crippen molar-refractivity contribution in [3.8, 4) is 5.69 Å².